The number of unbranched alkanes of at least 4 members (excludes halogenated alkanes) is 1. The first-order valence-electron chi connectivity index (χ1n) is 6.94. The quantitative estimate of drug-likeness (QED) is 0.807. The largest absolute Gasteiger partial charge is 0.314 e. The molecule has 0 spiro atoms. The van der Waals surface area contributed by atoms with Crippen LogP contribution in [0.25, 0.3) is 0 Å². The third kappa shape index (κ3) is 4.07. The number of benzene rings is 1. The molecular formula is C15H23FN2. The molecule has 0 amide bonds. The summed E-state index contributed by atoms with van der Waals surface area (Å²) in [5.74, 6) is -0.0443. The summed E-state index contributed by atoms with van der Waals surface area (Å²) in [6, 6.07) is 5.55. The third-order valence-electron chi connectivity index (χ3n) is 3.59. The molecule has 100 valence electrons. The first kappa shape index (κ1) is 13.5. The second kappa shape index (κ2) is 6.86. The maximum absolute atomic E-state index is 13.6. The Hall–Kier alpha value is -0.930. The molecule has 0 unspecified atom stereocenters. The Labute approximate surface area is 109 Å². The summed E-state index contributed by atoms with van der Waals surface area (Å²) in [6.45, 7) is 7.59. The molecular weight excluding hydrogens is 227 g/mol. The molecule has 1 aromatic carbocycles. The summed E-state index contributed by atoms with van der Waals surface area (Å²) in [4.78, 5) is 2.49. The van der Waals surface area contributed by atoms with Gasteiger partial charge < -0.3 is 10.2 Å². The second-order valence-corrected chi connectivity index (χ2v) is 5.14. The van der Waals surface area contributed by atoms with E-state index in [4.69, 9.17) is 0 Å². The Bertz CT molecular complexity index is 373. The van der Waals surface area contributed by atoms with Gasteiger partial charge in [-0.1, -0.05) is 12.1 Å². The van der Waals surface area contributed by atoms with Crippen molar-refractivity contribution in [1.82, 2.24) is 10.2 Å². The molecule has 1 saturated heterocycles. The van der Waals surface area contributed by atoms with Crippen LogP contribution in [-0.2, 0) is 6.42 Å². The minimum atomic E-state index is -0.0443. The van der Waals surface area contributed by atoms with E-state index in [0.29, 0.717) is 0 Å². The highest BCUT2D eigenvalue weighted by Crippen LogP contribution is 2.13. The van der Waals surface area contributed by atoms with Crippen molar-refractivity contribution in [2.75, 3.05) is 32.7 Å². The van der Waals surface area contributed by atoms with Crippen molar-refractivity contribution in [2.45, 2.75) is 26.2 Å². The van der Waals surface area contributed by atoms with Gasteiger partial charge in [0.05, 0.1) is 0 Å². The van der Waals surface area contributed by atoms with E-state index in [-0.39, 0.29) is 5.82 Å². The normalized spacial score (nSPS) is 17.0. The van der Waals surface area contributed by atoms with Crippen LogP contribution in [0.1, 0.15) is 24.0 Å². The van der Waals surface area contributed by atoms with E-state index in [2.05, 4.69) is 10.2 Å². The number of aryl methyl sites for hydroxylation is 2. The summed E-state index contributed by atoms with van der Waals surface area (Å²) in [7, 11) is 0. The molecule has 0 radical (unpaired) electrons. The van der Waals surface area contributed by atoms with Crippen LogP contribution in [0.15, 0.2) is 18.2 Å². The number of halogens is 1. The molecule has 1 aliphatic rings. The molecule has 0 bridgehead atoms. The molecule has 3 heteroatoms. The van der Waals surface area contributed by atoms with Gasteiger partial charge in [0.1, 0.15) is 5.82 Å². The van der Waals surface area contributed by atoms with Crippen molar-refractivity contribution in [1.29, 1.82) is 0 Å². The molecule has 1 fully saturated rings. The number of hydrogen-bond donors (Lipinski definition) is 1. The van der Waals surface area contributed by atoms with E-state index in [9.17, 15) is 4.39 Å². The topological polar surface area (TPSA) is 15.3 Å². The van der Waals surface area contributed by atoms with Crippen LogP contribution in [-0.4, -0.2) is 37.6 Å². The van der Waals surface area contributed by atoms with Crippen molar-refractivity contribution >= 4 is 0 Å². The standard InChI is InChI=1S/C15H23FN2/c1-13-5-6-14(15(16)12-13)4-2-3-9-18-10-7-17-8-11-18/h5-6,12,17H,2-4,7-11H2,1H3. The minimum Gasteiger partial charge on any atom is -0.314 e. The van der Waals surface area contributed by atoms with Gasteiger partial charge in [0, 0.05) is 26.2 Å². The van der Waals surface area contributed by atoms with Crippen molar-refractivity contribution in [3.8, 4) is 0 Å². The van der Waals surface area contributed by atoms with E-state index in [1.54, 1.807) is 6.07 Å². The van der Waals surface area contributed by atoms with E-state index < -0.39 is 0 Å². The highest BCUT2D eigenvalue weighted by atomic mass is 19.1. The first-order valence-corrected chi connectivity index (χ1v) is 6.94. The molecule has 1 N–H and O–H groups in total. The molecule has 1 heterocycles. The van der Waals surface area contributed by atoms with Gasteiger partial charge in [0.25, 0.3) is 0 Å². The van der Waals surface area contributed by atoms with Gasteiger partial charge in [0.2, 0.25) is 0 Å². The van der Waals surface area contributed by atoms with Gasteiger partial charge in [-0.3, -0.25) is 0 Å². The molecule has 2 rings (SSSR count). The molecule has 1 aromatic rings. The zero-order chi connectivity index (χ0) is 12.8. The van der Waals surface area contributed by atoms with Crippen LogP contribution in [0.2, 0.25) is 0 Å². The van der Waals surface area contributed by atoms with Gasteiger partial charge in [-0.05, 0) is 49.9 Å². The Morgan fingerprint density at radius 1 is 1.22 bits per heavy atom. The molecule has 0 aliphatic carbocycles. The SMILES string of the molecule is Cc1ccc(CCCCN2CCNCC2)c(F)c1. The lowest BCUT2D eigenvalue weighted by Crippen LogP contribution is -2.43. The summed E-state index contributed by atoms with van der Waals surface area (Å²) in [5.41, 5.74) is 1.86. The maximum atomic E-state index is 13.6. The molecule has 0 atom stereocenters. The minimum absolute atomic E-state index is 0.0443. The highest BCUT2D eigenvalue weighted by molar-refractivity contribution is 5.23. The van der Waals surface area contributed by atoms with Crippen molar-refractivity contribution < 1.29 is 4.39 Å². The van der Waals surface area contributed by atoms with E-state index in [1.165, 1.54) is 0 Å². The number of rotatable bonds is 5. The molecule has 0 aromatic heterocycles. The highest BCUT2D eigenvalue weighted by Gasteiger charge is 2.08. The molecule has 1 aliphatic heterocycles. The van der Waals surface area contributed by atoms with Gasteiger partial charge in [-0.2, -0.15) is 0 Å². The fourth-order valence-electron chi connectivity index (χ4n) is 2.44. The fourth-order valence-corrected chi connectivity index (χ4v) is 2.44. The van der Waals surface area contributed by atoms with E-state index >= 15 is 0 Å². The second-order valence-electron chi connectivity index (χ2n) is 5.14. The fraction of sp³-hybridized carbons (Fsp3) is 0.600. The predicted octanol–water partition coefficient (Wildman–Crippen LogP) is 2.36. The van der Waals surface area contributed by atoms with Crippen LogP contribution in [0.5, 0.6) is 0 Å². The summed E-state index contributed by atoms with van der Waals surface area (Å²) in [6.07, 6.45) is 3.09. The number of hydrogen-bond acceptors (Lipinski definition) is 2. The molecule has 0 saturated carbocycles. The lowest BCUT2D eigenvalue weighted by Gasteiger charge is -2.27. The average Bonchev–Trinajstić information content (AvgIpc) is 2.38. The third-order valence-corrected chi connectivity index (χ3v) is 3.59. The monoisotopic (exact) mass is 250 g/mol. The number of piperazine rings is 1. The van der Waals surface area contributed by atoms with Crippen LogP contribution < -0.4 is 5.32 Å². The molecule has 2 nitrogen and oxygen atoms in total. The smallest absolute Gasteiger partial charge is 0.126 e. The van der Waals surface area contributed by atoms with Gasteiger partial charge in [0.15, 0.2) is 0 Å². The zero-order valence-electron chi connectivity index (χ0n) is 11.2. The van der Waals surface area contributed by atoms with E-state index in [1.807, 2.05) is 19.1 Å². The van der Waals surface area contributed by atoms with Crippen LogP contribution in [0.3, 0.4) is 0 Å². The van der Waals surface area contributed by atoms with Crippen LogP contribution >= 0.6 is 0 Å². The maximum Gasteiger partial charge on any atom is 0.126 e. The Morgan fingerprint density at radius 3 is 2.72 bits per heavy atom. The lowest BCUT2D eigenvalue weighted by atomic mass is 10.1. The van der Waals surface area contributed by atoms with Crippen LogP contribution in [0, 0.1) is 12.7 Å². The first-order chi connectivity index (χ1) is 8.75. The van der Waals surface area contributed by atoms with Crippen molar-refractivity contribution in [2.24, 2.45) is 0 Å². The van der Waals surface area contributed by atoms with Crippen molar-refractivity contribution in [3.05, 3.63) is 35.1 Å². The Balaban J connectivity index is 1.68. The van der Waals surface area contributed by atoms with Gasteiger partial charge in [-0.25, -0.2) is 4.39 Å². The Morgan fingerprint density at radius 2 is 2.00 bits per heavy atom. The van der Waals surface area contributed by atoms with Crippen LogP contribution in [0.4, 0.5) is 4.39 Å². The zero-order valence-corrected chi connectivity index (χ0v) is 11.2. The Kier molecular flexibility index (Phi) is 5.14. The summed E-state index contributed by atoms with van der Waals surface area (Å²) >= 11 is 0. The van der Waals surface area contributed by atoms with Gasteiger partial charge >= 0.3 is 0 Å². The predicted molar refractivity (Wildman–Crippen MR) is 73.4 cm³/mol. The lowest BCUT2D eigenvalue weighted by molar-refractivity contribution is 0.237. The number of nitrogens with zero attached hydrogens (tertiary/aromatic N) is 1. The van der Waals surface area contributed by atoms with Gasteiger partial charge in [-0.15, -0.1) is 0 Å². The summed E-state index contributed by atoms with van der Waals surface area (Å²) < 4.78 is 13.6. The van der Waals surface area contributed by atoms with E-state index in [0.717, 1.165) is 63.1 Å². The molecule has 18 heavy (non-hydrogen) atoms. The number of nitrogens with one attached hydrogen (secondary N) is 1. The van der Waals surface area contributed by atoms with Crippen molar-refractivity contribution in [3.63, 3.8) is 0 Å². The summed E-state index contributed by atoms with van der Waals surface area (Å²) in [5, 5.41) is 3.35. The average molecular weight is 250 g/mol.